The van der Waals surface area contributed by atoms with E-state index < -0.39 is 19.9 Å². The number of sulfonamides is 1. The average Bonchev–Trinajstić information content (AvgIpc) is 3.15. The van der Waals surface area contributed by atoms with Gasteiger partial charge in [-0.1, -0.05) is 24.3 Å². The Hall–Kier alpha value is -3.28. The first kappa shape index (κ1) is 21.9. The number of hydrogen-bond acceptors (Lipinski definition) is 7. The lowest BCUT2D eigenvalue weighted by Gasteiger charge is -2.12. The fraction of sp³-hybridized carbons (Fsp3) is 0.143. The fourth-order valence-corrected chi connectivity index (χ4v) is 4.75. The van der Waals surface area contributed by atoms with Gasteiger partial charge in [-0.15, -0.1) is 5.10 Å². The van der Waals surface area contributed by atoms with E-state index >= 15 is 0 Å². The molecule has 2 aromatic carbocycles. The molecule has 0 unspecified atom stereocenters. The molecule has 32 heavy (non-hydrogen) atoms. The van der Waals surface area contributed by atoms with Gasteiger partial charge in [-0.2, -0.15) is 4.98 Å². The predicted octanol–water partition coefficient (Wildman–Crippen LogP) is 2.79. The van der Waals surface area contributed by atoms with Crippen molar-refractivity contribution in [3.63, 3.8) is 0 Å². The van der Waals surface area contributed by atoms with Crippen LogP contribution in [0.1, 0.15) is 0 Å². The summed E-state index contributed by atoms with van der Waals surface area (Å²) in [5.41, 5.74) is 2.41. The standard InChI is InChI=1S/C21H21N5O4S2/c1-25(2)32(29,30)18-10-5-8-16(14-18)22-21-23-20-12-6-11-19(26(20)24-21)15-7-4-9-17(13-15)31(3,27)28/h4-14H,1-3H3,(H,22,24). The molecular formula is C21H21N5O4S2. The first-order valence-electron chi connectivity index (χ1n) is 9.51. The molecular weight excluding hydrogens is 450 g/mol. The van der Waals surface area contributed by atoms with Crippen molar-refractivity contribution < 1.29 is 16.8 Å². The molecule has 0 aliphatic carbocycles. The topological polar surface area (TPSA) is 114 Å². The maximum atomic E-state index is 12.4. The van der Waals surface area contributed by atoms with E-state index in [-0.39, 0.29) is 15.7 Å². The van der Waals surface area contributed by atoms with Gasteiger partial charge in [0.2, 0.25) is 16.0 Å². The molecule has 0 aliphatic heterocycles. The van der Waals surface area contributed by atoms with Crippen LogP contribution < -0.4 is 5.32 Å². The maximum absolute atomic E-state index is 12.4. The molecule has 0 aliphatic rings. The van der Waals surface area contributed by atoms with Crippen LogP contribution in [0.2, 0.25) is 0 Å². The fourth-order valence-electron chi connectivity index (χ4n) is 3.14. The number of fused-ring (bicyclic) bond motifs is 1. The van der Waals surface area contributed by atoms with Gasteiger partial charge in [0.1, 0.15) is 0 Å². The van der Waals surface area contributed by atoms with Crippen molar-refractivity contribution in [2.75, 3.05) is 25.7 Å². The van der Waals surface area contributed by atoms with Crippen LogP contribution in [0.3, 0.4) is 0 Å². The van der Waals surface area contributed by atoms with Gasteiger partial charge in [-0.05, 0) is 42.5 Å². The highest BCUT2D eigenvalue weighted by Gasteiger charge is 2.18. The summed E-state index contributed by atoms with van der Waals surface area (Å²) in [6.45, 7) is 0. The van der Waals surface area contributed by atoms with Gasteiger partial charge in [0.25, 0.3) is 0 Å². The number of rotatable bonds is 6. The largest absolute Gasteiger partial charge is 0.323 e. The molecule has 9 nitrogen and oxygen atoms in total. The third-order valence-corrected chi connectivity index (χ3v) is 7.71. The van der Waals surface area contributed by atoms with E-state index in [1.165, 1.54) is 26.2 Å². The number of sulfone groups is 1. The molecule has 11 heteroatoms. The molecule has 0 saturated heterocycles. The molecule has 0 radical (unpaired) electrons. The lowest BCUT2D eigenvalue weighted by Crippen LogP contribution is -2.22. The Morgan fingerprint density at radius 2 is 1.56 bits per heavy atom. The summed E-state index contributed by atoms with van der Waals surface area (Å²) in [6.07, 6.45) is 1.16. The monoisotopic (exact) mass is 471 g/mol. The van der Waals surface area contributed by atoms with Crippen molar-refractivity contribution in [2.45, 2.75) is 9.79 Å². The molecule has 0 spiro atoms. The molecule has 0 amide bonds. The van der Waals surface area contributed by atoms with Gasteiger partial charge in [-0.25, -0.2) is 25.7 Å². The third kappa shape index (κ3) is 4.22. The molecule has 4 rings (SSSR count). The van der Waals surface area contributed by atoms with E-state index in [1.54, 1.807) is 53.0 Å². The van der Waals surface area contributed by atoms with Gasteiger partial charge in [0.05, 0.1) is 15.5 Å². The van der Waals surface area contributed by atoms with E-state index in [9.17, 15) is 16.8 Å². The lowest BCUT2D eigenvalue weighted by atomic mass is 10.1. The highest BCUT2D eigenvalue weighted by molar-refractivity contribution is 7.90. The Labute approximate surface area is 186 Å². The van der Waals surface area contributed by atoms with E-state index in [0.29, 0.717) is 22.6 Å². The Morgan fingerprint density at radius 1 is 0.875 bits per heavy atom. The number of benzene rings is 2. The number of pyridine rings is 1. The number of anilines is 2. The summed E-state index contributed by atoms with van der Waals surface area (Å²) >= 11 is 0. The van der Waals surface area contributed by atoms with Crippen LogP contribution in [-0.2, 0) is 19.9 Å². The predicted molar refractivity (Wildman–Crippen MR) is 122 cm³/mol. The molecule has 4 aromatic rings. The molecule has 0 saturated carbocycles. The van der Waals surface area contributed by atoms with E-state index in [0.717, 1.165) is 10.6 Å². The zero-order valence-corrected chi connectivity index (χ0v) is 19.2. The van der Waals surface area contributed by atoms with Crippen molar-refractivity contribution >= 4 is 37.1 Å². The normalized spacial score (nSPS) is 12.4. The first-order chi connectivity index (χ1) is 15.1. The van der Waals surface area contributed by atoms with E-state index in [4.69, 9.17) is 0 Å². The van der Waals surface area contributed by atoms with Crippen LogP contribution in [-0.4, -0.2) is 56.1 Å². The van der Waals surface area contributed by atoms with Gasteiger partial charge >= 0.3 is 0 Å². The molecule has 0 atom stereocenters. The summed E-state index contributed by atoms with van der Waals surface area (Å²) in [4.78, 5) is 4.82. The minimum absolute atomic E-state index is 0.148. The Morgan fingerprint density at radius 3 is 2.28 bits per heavy atom. The van der Waals surface area contributed by atoms with Gasteiger partial charge in [0, 0.05) is 31.6 Å². The minimum Gasteiger partial charge on any atom is -0.323 e. The summed E-state index contributed by atoms with van der Waals surface area (Å²) in [5, 5.41) is 7.53. The van der Waals surface area contributed by atoms with Crippen LogP contribution in [0.25, 0.3) is 16.9 Å². The second-order valence-electron chi connectivity index (χ2n) is 7.36. The highest BCUT2D eigenvalue weighted by Crippen LogP contribution is 2.25. The minimum atomic E-state index is -3.58. The van der Waals surface area contributed by atoms with E-state index in [2.05, 4.69) is 15.4 Å². The maximum Gasteiger partial charge on any atom is 0.247 e. The molecule has 2 heterocycles. The highest BCUT2D eigenvalue weighted by atomic mass is 32.2. The smallest absolute Gasteiger partial charge is 0.247 e. The second kappa shape index (κ2) is 8.01. The molecule has 1 N–H and O–H groups in total. The average molecular weight is 472 g/mol. The molecule has 0 fully saturated rings. The zero-order chi connectivity index (χ0) is 23.1. The van der Waals surface area contributed by atoms with Crippen LogP contribution in [0.4, 0.5) is 11.6 Å². The summed E-state index contributed by atoms with van der Waals surface area (Å²) in [6, 6.07) is 18.4. The summed E-state index contributed by atoms with van der Waals surface area (Å²) in [7, 11) is -3.99. The van der Waals surface area contributed by atoms with Crippen LogP contribution >= 0.6 is 0 Å². The van der Waals surface area contributed by atoms with Crippen molar-refractivity contribution in [2.24, 2.45) is 0 Å². The SMILES string of the molecule is CN(C)S(=O)(=O)c1cccc(Nc2nc3cccc(-c4cccc(S(C)(=O)=O)c4)n3n2)c1. The quantitative estimate of drug-likeness (QED) is 0.460. The third-order valence-electron chi connectivity index (χ3n) is 4.79. The molecule has 2 aromatic heterocycles. The second-order valence-corrected chi connectivity index (χ2v) is 11.5. The number of nitrogens with one attached hydrogen (secondary N) is 1. The Balaban J connectivity index is 1.73. The van der Waals surface area contributed by atoms with Crippen molar-refractivity contribution in [3.8, 4) is 11.3 Å². The van der Waals surface area contributed by atoms with Gasteiger partial charge in [-0.3, -0.25) is 0 Å². The number of nitrogens with zero attached hydrogens (tertiary/aromatic N) is 4. The Bertz CT molecular complexity index is 1530. The van der Waals surface area contributed by atoms with Crippen molar-refractivity contribution in [1.29, 1.82) is 0 Å². The summed E-state index contributed by atoms with van der Waals surface area (Å²) in [5.74, 6) is 0.274. The number of aromatic nitrogens is 3. The van der Waals surface area contributed by atoms with Crippen molar-refractivity contribution in [1.82, 2.24) is 18.9 Å². The Kier molecular flexibility index (Phi) is 5.49. The molecule has 0 bridgehead atoms. The van der Waals surface area contributed by atoms with Crippen LogP contribution in [0.15, 0.2) is 76.5 Å². The molecule has 166 valence electrons. The van der Waals surface area contributed by atoms with Gasteiger partial charge in [0.15, 0.2) is 15.5 Å². The zero-order valence-electron chi connectivity index (χ0n) is 17.6. The summed E-state index contributed by atoms with van der Waals surface area (Å²) < 4.78 is 51.4. The van der Waals surface area contributed by atoms with Crippen LogP contribution in [0, 0.1) is 0 Å². The van der Waals surface area contributed by atoms with Crippen LogP contribution in [0.5, 0.6) is 0 Å². The first-order valence-corrected chi connectivity index (χ1v) is 12.8. The van der Waals surface area contributed by atoms with Gasteiger partial charge < -0.3 is 5.32 Å². The van der Waals surface area contributed by atoms with Crippen molar-refractivity contribution in [3.05, 3.63) is 66.7 Å². The lowest BCUT2D eigenvalue weighted by molar-refractivity contribution is 0.521. The number of hydrogen-bond donors (Lipinski definition) is 1. The van der Waals surface area contributed by atoms with E-state index in [1.807, 2.05) is 6.07 Å².